The first-order valence-corrected chi connectivity index (χ1v) is 9.32. The van der Waals surface area contributed by atoms with Crippen LogP contribution in [0.2, 0.25) is 0 Å². The lowest BCUT2D eigenvalue weighted by atomic mass is 9.77. The Morgan fingerprint density at radius 2 is 1.96 bits per heavy atom. The van der Waals surface area contributed by atoms with E-state index in [1.807, 2.05) is 52.0 Å². The summed E-state index contributed by atoms with van der Waals surface area (Å²) in [6.45, 7) is 9.85. The summed E-state index contributed by atoms with van der Waals surface area (Å²) < 4.78 is 13.3. The summed E-state index contributed by atoms with van der Waals surface area (Å²) in [5.74, 6) is -0.106. The molecule has 0 saturated carbocycles. The van der Waals surface area contributed by atoms with E-state index < -0.39 is 18.3 Å². The lowest BCUT2D eigenvalue weighted by molar-refractivity contribution is -0.118. The van der Waals surface area contributed by atoms with Crippen LogP contribution in [0.5, 0.6) is 0 Å². The van der Waals surface area contributed by atoms with Crippen molar-refractivity contribution < 1.29 is 14.1 Å². The fourth-order valence-electron chi connectivity index (χ4n) is 2.72. The highest BCUT2D eigenvalue weighted by Gasteiger charge is 2.52. The largest absolute Gasteiger partial charge is 0.492 e. The van der Waals surface area contributed by atoms with E-state index in [0.29, 0.717) is 6.54 Å². The van der Waals surface area contributed by atoms with Gasteiger partial charge in [-0.05, 0) is 57.4 Å². The zero-order valence-corrected chi connectivity index (χ0v) is 17.2. The number of aromatic nitrogens is 2. The first kappa shape index (κ1) is 19.1. The van der Waals surface area contributed by atoms with Crippen LogP contribution >= 0.6 is 15.9 Å². The second-order valence-electron chi connectivity index (χ2n) is 7.52. The third kappa shape index (κ3) is 3.72. The van der Waals surface area contributed by atoms with Crippen molar-refractivity contribution in [3.8, 4) is 0 Å². The van der Waals surface area contributed by atoms with Gasteiger partial charge in [-0.3, -0.25) is 9.89 Å². The molecular formula is C18H23BBrN3O3. The van der Waals surface area contributed by atoms with Gasteiger partial charge in [0, 0.05) is 23.3 Å². The summed E-state index contributed by atoms with van der Waals surface area (Å²) in [6.07, 6.45) is 1.95. The van der Waals surface area contributed by atoms with Crippen molar-refractivity contribution in [2.45, 2.75) is 45.8 Å². The Labute approximate surface area is 162 Å². The first-order chi connectivity index (χ1) is 12.1. The average Bonchev–Trinajstić information content (AvgIpc) is 3.00. The summed E-state index contributed by atoms with van der Waals surface area (Å²) in [6, 6.07) is 5.91. The highest BCUT2D eigenvalue weighted by Crippen LogP contribution is 2.39. The second kappa shape index (κ2) is 6.83. The number of fused-ring (bicyclic) bond motifs is 1. The molecule has 0 atom stereocenters. The van der Waals surface area contributed by atoms with E-state index in [1.54, 1.807) is 0 Å². The van der Waals surface area contributed by atoms with Crippen LogP contribution < -0.4 is 5.32 Å². The Kier molecular flexibility index (Phi) is 5.03. The van der Waals surface area contributed by atoms with Crippen molar-refractivity contribution in [3.05, 3.63) is 33.8 Å². The highest BCUT2D eigenvalue weighted by molar-refractivity contribution is 9.10. The van der Waals surface area contributed by atoms with Gasteiger partial charge in [0.05, 0.1) is 22.4 Å². The van der Waals surface area contributed by atoms with Crippen molar-refractivity contribution in [1.82, 2.24) is 15.5 Å². The van der Waals surface area contributed by atoms with Gasteiger partial charge in [0.1, 0.15) is 0 Å². The number of nitrogens with one attached hydrogen (secondary N) is 2. The molecule has 3 rings (SSSR count). The van der Waals surface area contributed by atoms with Gasteiger partial charge in [-0.2, -0.15) is 5.10 Å². The summed E-state index contributed by atoms with van der Waals surface area (Å²) >= 11 is 3.46. The number of hydrogen-bond donors (Lipinski definition) is 2. The second-order valence-corrected chi connectivity index (χ2v) is 8.43. The smallest absolute Gasteiger partial charge is 0.400 e. The number of benzene rings is 1. The number of carbonyl (C=O) groups excluding carboxylic acids is 1. The van der Waals surface area contributed by atoms with Crippen LogP contribution in [0.3, 0.4) is 0 Å². The maximum atomic E-state index is 11.4. The molecule has 26 heavy (non-hydrogen) atoms. The topological polar surface area (TPSA) is 76.2 Å². The first-order valence-electron chi connectivity index (χ1n) is 8.53. The highest BCUT2D eigenvalue weighted by atomic mass is 79.9. The van der Waals surface area contributed by atoms with E-state index in [2.05, 4.69) is 31.4 Å². The predicted octanol–water partition coefficient (Wildman–Crippen LogP) is 3.48. The van der Waals surface area contributed by atoms with Crippen LogP contribution in [0.15, 0.2) is 28.1 Å². The standard InChI is InChI=1S/C18H23BBrN3O3/c1-11(24)21-10-12(19-25-17(2,3)18(4,5)26-19)8-15-14-7-6-13(20)9-16(14)23-22-15/h6-9H,10H2,1-5H3,(H,21,24)(H,22,23). The zero-order chi connectivity index (χ0) is 19.1. The maximum Gasteiger partial charge on any atom is 0.492 e. The molecule has 1 amide bonds. The number of nitrogens with zero attached hydrogens (tertiary/aromatic N) is 1. The molecule has 6 nitrogen and oxygen atoms in total. The van der Waals surface area contributed by atoms with Crippen molar-refractivity contribution in [2.24, 2.45) is 0 Å². The van der Waals surface area contributed by atoms with Gasteiger partial charge in [0.25, 0.3) is 0 Å². The van der Waals surface area contributed by atoms with E-state index in [-0.39, 0.29) is 5.91 Å². The molecule has 2 aromatic rings. The Bertz CT molecular complexity index is 860. The quantitative estimate of drug-likeness (QED) is 0.743. The minimum absolute atomic E-state index is 0.106. The molecule has 1 saturated heterocycles. The van der Waals surface area contributed by atoms with Crippen molar-refractivity contribution in [2.75, 3.05) is 6.54 Å². The number of H-pyrrole nitrogens is 1. The molecule has 2 N–H and O–H groups in total. The Morgan fingerprint density at radius 1 is 1.31 bits per heavy atom. The summed E-state index contributed by atoms with van der Waals surface area (Å²) in [5.41, 5.74) is 1.63. The maximum absolute atomic E-state index is 11.4. The molecular weight excluding hydrogens is 397 g/mol. The van der Waals surface area contributed by atoms with Crippen LogP contribution in [0.1, 0.15) is 40.3 Å². The number of amides is 1. The molecule has 2 heterocycles. The van der Waals surface area contributed by atoms with Gasteiger partial charge in [-0.15, -0.1) is 0 Å². The van der Waals surface area contributed by atoms with Crippen LogP contribution in [0.4, 0.5) is 0 Å². The molecule has 1 aromatic heterocycles. The van der Waals surface area contributed by atoms with Crippen molar-refractivity contribution in [3.63, 3.8) is 0 Å². The molecule has 1 fully saturated rings. The van der Waals surface area contributed by atoms with Crippen molar-refractivity contribution >= 4 is 45.9 Å². The molecule has 138 valence electrons. The number of halogens is 1. The molecule has 8 heteroatoms. The fraction of sp³-hybridized carbons (Fsp3) is 0.444. The Hall–Kier alpha value is -1.64. The Balaban J connectivity index is 1.98. The minimum atomic E-state index is -0.541. The zero-order valence-electron chi connectivity index (χ0n) is 15.6. The minimum Gasteiger partial charge on any atom is -0.400 e. The summed E-state index contributed by atoms with van der Waals surface area (Å²) in [5, 5.41) is 11.2. The normalized spacial score (nSPS) is 19.2. The molecule has 1 aliphatic heterocycles. The third-order valence-corrected chi connectivity index (χ3v) is 5.47. The van der Waals surface area contributed by atoms with Crippen LogP contribution in [-0.4, -0.2) is 41.0 Å². The van der Waals surface area contributed by atoms with E-state index in [0.717, 1.165) is 26.5 Å². The summed E-state index contributed by atoms with van der Waals surface area (Å²) in [4.78, 5) is 11.4. The van der Waals surface area contributed by atoms with E-state index in [1.165, 1.54) is 6.92 Å². The molecule has 1 aromatic carbocycles. The number of carbonyl (C=O) groups is 1. The lowest BCUT2D eigenvalue weighted by Gasteiger charge is -2.32. The SMILES string of the molecule is CC(=O)NCC(=Cc1[nH]nc2cc(Br)ccc12)B1OC(C)(C)C(C)(C)O1. The summed E-state index contributed by atoms with van der Waals surface area (Å²) in [7, 11) is -0.541. The monoisotopic (exact) mass is 419 g/mol. The Morgan fingerprint density at radius 3 is 2.58 bits per heavy atom. The molecule has 0 aliphatic carbocycles. The van der Waals surface area contributed by atoms with Crippen LogP contribution in [0.25, 0.3) is 17.0 Å². The van der Waals surface area contributed by atoms with E-state index in [9.17, 15) is 4.79 Å². The number of hydrogen-bond acceptors (Lipinski definition) is 4. The molecule has 1 aliphatic rings. The van der Waals surface area contributed by atoms with Crippen LogP contribution in [-0.2, 0) is 14.1 Å². The van der Waals surface area contributed by atoms with Gasteiger partial charge in [-0.25, -0.2) is 0 Å². The van der Waals surface area contributed by atoms with E-state index in [4.69, 9.17) is 9.31 Å². The lowest BCUT2D eigenvalue weighted by Crippen LogP contribution is -2.41. The number of rotatable bonds is 4. The van der Waals surface area contributed by atoms with Gasteiger partial charge in [-0.1, -0.05) is 15.9 Å². The molecule has 0 radical (unpaired) electrons. The van der Waals surface area contributed by atoms with Gasteiger partial charge >= 0.3 is 7.12 Å². The molecule has 0 bridgehead atoms. The van der Waals surface area contributed by atoms with Crippen molar-refractivity contribution in [1.29, 1.82) is 0 Å². The average molecular weight is 420 g/mol. The molecule has 0 spiro atoms. The predicted molar refractivity (Wildman–Crippen MR) is 107 cm³/mol. The van der Waals surface area contributed by atoms with Gasteiger partial charge in [0.15, 0.2) is 0 Å². The fourth-order valence-corrected chi connectivity index (χ4v) is 3.07. The molecule has 0 unspecified atom stereocenters. The van der Waals surface area contributed by atoms with E-state index >= 15 is 0 Å². The third-order valence-electron chi connectivity index (χ3n) is 4.97. The number of aromatic amines is 1. The van der Waals surface area contributed by atoms with Crippen LogP contribution in [0, 0.1) is 0 Å². The van der Waals surface area contributed by atoms with Gasteiger partial charge < -0.3 is 14.6 Å². The van der Waals surface area contributed by atoms with Gasteiger partial charge in [0.2, 0.25) is 5.91 Å².